The summed E-state index contributed by atoms with van der Waals surface area (Å²) >= 11 is 5.57. The third-order valence-electron chi connectivity index (χ3n) is 2.38. The second kappa shape index (κ2) is 5.68. The van der Waals surface area contributed by atoms with E-state index in [1.54, 1.807) is 18.2 Å². The van der Waals surface area contributed by atoms with Crippen LogP contribution in [-0.4, -0.2) is 22.6 Å². The molecule has 0 unspecified atom stereocenters. The highest BCUT2D eigenvalue weighted by Gasteiger charge is 2.10. The fourth-order valence-corrected chi connectivity index (χ4v) is 1.71. The van der Waals surface area contributed by atoms with Gasteiger partial charge in [0.05, 0.1) is 17.8 Å². The fraction of sp³-hybridized carbons (Fsp3) is 0.364. The molecule has 18 heavy (non-hydrogen) atoms. The highest BCUT2D eigenvalue weighted by molar-refractivity contribution is 6.17. The fourth-order valence-electron chi connectivity index (χ4n) is 1.52. The van der Waals surface area contributed by atoms with E-state index in [-0.39, 0.29) is 5.95 Å². The first kappa shape index (κ1) is 12.6. The van der Waals surface area contributed by atoms with Crippen molar-refractivity contribution in [3.05, 3.63) is 23.4 Å². The molecule has 0 aliphatic heterocycles. The van der Waals surface area contributed by atoms with Gasteiger partial charge in [-0.1, -0.05) is 0 Å². The van der Waals surface area contributed by atoms with E-state index in [1.165, 1.54) is 0 Å². The standard InChI is InChI=1S/C11H13ClN4O2/c12-5-1-2-6-18-8-3-4-9-10(7-8)16(17)15-11(13)14-9/h3-4,7H,1-2,5-6H2,(H2,13,14,15). The molecule has 2 N–H and O–H groups in total. The van der Waals surface area contributed by atoms with Gasteiger partial charge in [0.2, 0.25) is 0 Å². The molecule has 0 bridgehead atoms. The molecule has 0 aliphatic carbocycles. The lowest BCUT2D eigenvalue weighted by molar-refractivity contribution is -0.641. The van der Waals surface area contributed by atoms with Crippen LogP contribution in [0.2, 0.25) is 0 Å². The van der Waals surface area contributed by atoms with Gasteiger partial charge in [-0.2, -0.15) is 0 Å². The summed E-state index contributed by atoms with van der Waals surface area (Å²) in [7, 11) is 0. The lowest BCUT2D eigenvalue weighted by Gasteiger charge is -2.06. The Morgan fingerprint density at radius 1 is 1.39 bits per heavy atom. The number of nitrogen functional groups attached to an aromatic ring is 1. The first-order valence-corrected chi connectivity index (χ1v) is 6.10. The summed E-state index contributed by atoms with van der Waals surface area (Å²) in [6.45, 7) is 0.562. The summed E-state index contributed by atoms with van der Waals surface area (Å²) < 4.78 is 5.50. The maximum atomic E-state index is 11.5. The van der Waals surface area contributed by atoms with Gasteiger partial charge >= 0.3 is 0 Å². The number of benzene rings is 1. The molecule has 0 aliphatic rings. The van der Waals surface area contributed by atoms with E-state index in [9.17, 15) is 5.21 Å². The number of ether oxygens (including phenoxy) is 1. The van der Waals surface area contributed by atoms with E-state index < -0.39 is 0 Å². The first-order valence-electron chi connectivity index (χ1n) is 5.56. The van der Waals surface area contributed by atoms with Crippen LogP contribution in [0.1, 0.15) is 12.8 Å². The van der Waals surface area contributed by atoms with Crippen molar-refractivity contribution < 1.29 is 9.58 Å². The maximum Gasteiger partial charge on any atom is 0.288 e. The first-order chi connectivity index (χ1) is 8.70. The molecular formula is C11H13ClN4O2. The van der Waals surface area contributed by atoms with Gasteiger partial charge in [0, 0.05) is 5.88 Å². The lowest BCUT2D eigenvalue weighted by Crippen LogP contribution is -2.33. The number of unbranched alkanes of at least 4 members (excludes halogenated alkanes) is 1. The molecule has 2 aromatic rings. The van der Waals surface area contributed by atoms with Gasteiger partial charge in [-0.15, -0.1) is 11.6 Å². The Hall–Kier alpha value is -1.82. The third kappa shape index (κ3) is 2.89. The number of hydrogen-bond donors (Lipinski definition) is 1. The van der Waals surface area contributed by atoms with Gasteiger partial charge in [-0.3, -0.25) is 0 Å². The van der Waals surface area contributed by atoms with Gasteiger partial charge in [0.25, 0.3) is 11.5 Å². The molecule has 0 amide bonds. The molecule has 0 fully saturated rings. The van der Waals surface area contributed by atoms with E-state index in [4.69, 9.17) is 22.1 Å². The van der Waals surface area contributed by atoms with Crippen molar-refractivity contribution in [2.75, 3.05) is 18.2 Å². The van der Waals surface area contributed by atoms with Crippen molar-refractivity contribution in [1.82, 2.24) is 10.1 Å². The molecule has 7 heteroatoms. The van der Waals surface area contributed by atoms with E-state index in [0.29, 0.717) is 34.1 Å². The molecule has 0 radical (unpaired) electrons. The van der Waals surface area contributed by atoms with Crippen LogP contribution in [0.25, 0.3) is 11.0 Å². The van der Waals surface area contributed by atoms with Crippen LogP contribution >= 0.6 is 11.6 Å². The Morgan fingerprint density at radius 3 is 3.00 bits per heavy atom. The number of rotatable bonds is 5. The van der Waals surface area contributed by atoms with Crippen molar-refractivity contribution in [1.29, 1.82) is 0 Å². The van der Waals surface area contributed by atoms with Crippen LogP contribution in [0.3, 0.4) is 0 Å². The number of fused-ring (bicyclic) bond motifs is 1. The Kier molecular flexibility index (Phi) is 3.99. The summed E-state index contributed by atoms with van der Waals surface area (Å²) in [5.41, 5.74) is 6.21. The van der Waals surface area contributed by atoms with Crippen molar-refractivity contribution >= 4 is 28.6 Å². The molecule has 96 valence electrons. The molecule has 0 saturated heterocycles. The lowest BCUT2D eigenvalue weighted by atomic mass is 10.3. The Labute approximate surface area is 109 Å². The monoisotopic (exact) mass is 268 g/mol. The smallest absolute Gasteiger partial charge is 0.288 e. The summed E-state index contributed by atoms with van der Waals surface area (Å²) in [5, 5.41) is 15.0. The zero-order chi connectivity index (χ0) is 13.0. The SMILES string of the molecule is Nc1nc2ccc(OCCCCCl)cc2[n+]([O-])n1. The van der Waals surface area contributed by atoms with Crippen molar-refractivity contribution in [3.8, 4) is 5.75 Å². The van der Waals surface area contributed by atoms with Crippen LogP contribution in [0.5, 0.6) is 5.75 Å². The molecule has 0 spiro atoms. The predicted octanol–water partition coefficient (Wildman–Crippen LogP) is 1.24. The quantitative estimate of drug-likeness (QED) is 0.381. The summed E-state index contributed by atoms with van der Waals surface area (Å²) in [5.74, 6) is 1.18. The molecular weight excluding hydrogens is 256 g/mol. The predicted molar refractivity (Wildman–Crippen MR) is 68.4 cm³/mol. The summed E-state index contributed by atoms with van der Waals surface area (Å²) in [6.07, 6.45) is 1.77. The van der Waals surface area contributed by atoms with Crippen LogP contribution in [0.15, 0.2) is 18.2 Å². The molecule has 0 atom stereocenters. The minimum Gasteiger partial charge on any atom is -0.594 e. The summed E-state index contributed by atoms with van der Waals surface area (Å²) in [6, 6.07) is 5.02. The van der Waals surface area contributed by atoms with Gasteiger partial charge in [0.15, 0.2) is 0 Å². The normalized spacial score (nSPS) is 10.7. The van der Waals surface area contributed by atoms with E-state index >= 15 is 0 Å². The number of nitrogens with zero attached hydrogens (tertiary/aromatic N) is 3. The number of alkyl halides is 1. The van der Waals surface area contributed by atoms with Crippen LogP contribution in [0.4, 0.5) is 5.95 Å². The van der Waals surface area contributed by atoms with Crippen molar-refractivity contribution in [3.63, 3.8) is 0 Å². The molecule has 2 rings (SSSR count). The number of nitrogens with two attached hydrogens (primary N) is 1. The molecule has 6 nitrogen and oxygen atoms in total. The van der Waals surface area contributed by atoms with Gasteiger partial charge in [-0.25, -0.2) is 4.98 Å². The number of anilines is 1. The minimum absolute atomic E-state index is 0.0479. The largest absolute Gasteiger partial charge is 0.594 e. The Bertz CT molecular complexity index is 550. The number of halogens is 1. The van der Waals surface area contributed by atoms with Gasteiger partial charge < -0.3 is 15.7 Å². The summed E-state index contributed by atoms with van der Waals surface area (Å²) in [4.78, 5) is 4.41. The zero-order valence-electron chi connectivity index (χ0n) is 9.67. The van der Waals surface area contributed by atoms with Crippen molar-refractivity contribution in [2.24, 2.45) is 0 Å². The Morgan fingerprint density at radius 2 is 2.22 bits per heavy atom. The van der Waals surface area contributed by atoms with E-state index in [0.717, 1.165) is 12.8 Å². The van der Waals surface area contributed by atoms with Crippen LogP contribution in [-0.2, 0) is 0 Å². The van der Waals surface area contributed by atoms with E-state index in [1.807, 2.05) is 0 Å². The second-order valence-electron chi connectivity index (χ2n) is 3.74. The topological polar surface area (TPSA) is 88.0 Å². The molecule has 1 aromatic carbocycles. The number of hydrogen-bond acceptors (Lipinski definition) is 5. The van der Waals surface area contributed by atoms with Crippen LogP contribution < -0.4 is 15.3 Å². The molecule has 1 aromatic heterocycles. The zero-order valence-corrected chi connectivity index (χ0v) is 10.4. The maximum absolute atomic E-state index is 11.5. The van der Waals surface area contributed by atoms with Crippen LogP contribution in [0, 0.1) is 5.21 Å². The third-order valence-corrected chi connectivity index (χ3v) is 2.65. The average molecular weight is 269 g/mol. The second-order valence-corrected chi connectivity index (χ2v) is 4.12. The highest BCUT2D eigenvalue weighted by atomic mass is 35.5. The average Bonchev–Trinajstić information content (AvgIpc) is 2.35. The minimum atomic E-state index is -0.0479. The van der Waals surface area contributed by atoms with Gasteiger partial charge in [-0.05, 0) is 29.8 Å². The van der Waals surface area contributed by atoms with Gasteiger partial charge in [0.1, 0.15) is 11.3 Å². The highest BCUT2D eigenvalue weighted by Crippen LogP contribution is 2.17. The van der Waals surface area contributed by atoms with E-state index in [2.05, 4.69) is 10.1 Å². The van der Waals surface area contributed by atoms with Crippen molar-refractivity contribution in [2.45, 2.75) is 12.8 Å². The Balaban J connectivity index is 2.17. The number of aromatic nitrogens is 3. The molecule has 1 heterocycles. The molecule has 0 saturated carbocycles.